The summed E-state index contributed by atoms with van der Waals surface area (Å²) < 4.78 is 0. The fourth-order valence-electron chi connectivity index (χ4n) is 0.896. The van der Waals surface area contributed by atoms with E-state index in [0.29, 0.717) is 5.02 Å². The Hall–Kier alpha value is -1.48. The molecule has 74 valence electrons. The van der Waals surface area contributed by atoms with Gasteiger partial charge in [0.25, 0.3) is 0 Å². The summed E-state index contributed by atoms with van der Waals surface area (Å²) in [7, 11) is 1.56. The largest absolute Gasteiger partial charge is 0.341 e. The van der Waals surface area contributed by atoms with Gasteiger partial charge in [-0.25, -0.2) is 4.79 Å². The van der Waals surface area contributed by atoms with E-state index in [1.165, 1.54) is 0 Å². The molecular formula is C10H11ClN2O. The van der Waals surface area contributed by atoms with Gasteiger partial charge >= 0.3 is 6.03 Å². The number of hydrogen-bond donors (Lipinski definition) is 2. The molecule has 0 unspecified atom stereocenters. The predicted octanol–water partition coefficient (Wildman–Crippen LogP) is 2.24. The van der Waals surface area contributed by atoms with Crippen molar-refractivity contribution < 1.29 is 4.79 Å². The molecule has 0 saturated heterocycles. The molecule has 2 amide bonds. The van der Waals surface area contributed by atoms with E-state index in [-0.39, 0.29) is 6.03 Å². The van der Waals surface area contributed by atoms with E-state index < -0.39 is 0 Å². The molecule has 14 heavy (non-hydrogen) atoms. The third kappa shape index (κ3) is 3.49. The molecule has 0 bridgehead atoms. The Balaban J connectivity index is 2.56. The lowest BCUT2D eigenvalue weighted by molar-refractivity contribution is 0.246. The van der Waals surface area contributed by atoms with Gasteiger partial charge in [0.15, 0.2) is 0 Å². The van der Waals surface area contributed by atoms with Crippen LogP contribution in [-0.4, -0.2) is 13.1 Å². The fourth-order valence-corrected chi connectivity index (χ4v) is 1.09. The molecule has 0 aliphatic carbocycles. The molecular weight excluding hydrogens is 200 g/mol. The number of benzene rings is 1. The Morgan fingerprint density at radius 2 is 2.29 bits per heavy atom. The Morgan fingerprint density at radius 3 is 2.93 bits per heavy atom. The zero-order valence-corrected chi connectivity index (χ0v) is 8.51. The highest BCUT2D eigenvalue weighted by Gasteiger charge is 1.90. The first-order valence-corrected chi connectivity index (χ1v) is 4.50. The molecule has 1 rings (SSSR count). The highest BCUT2D eigenvalue weighted by molar-refractivity contribution is 6.30. The van der Waals surface area contributed by atoms with Crippen LogP contribution in [0.4, 0.5) is 4.79 Å². The zero-order valence-electron chi connectivity index (χ0n) is 7.75. The van der Waals surface area contributed by atoms with Crippen LogP contribution in [0.3, 0.4) is 0 Å². The van der Waals surface area contributed by atoms with Crippen molar-refractivity contribution in [2.75, 3.05) is 7.05 Å². The second-order valence-electron chi connectivity index (χ2n) is 2.61. The van der Waals surface area contributed by atoms with Crippen molar-refractivity contribution in [1.29, 1.82) is 0 Å². The van der Waals surface area contributed by atoms with Gasteiger partial charge in [-0.15, -0.1) is 0 Å². The highest BCUT2D eigenvalue weighted by atomic mass is 35.5. The average molecular weight is 211 g/mol. The van der Waals surface area contributed by atoms with Crippen molar-refractivity contribution in [3.05, 3.63) is 41.1 Å². The minimum atomic E-state index is -0.247. The molecule has 0 spiro atoms. The second-order valence-corrected chi connectivity index (χ2v) is 3.05. The SMILES string of the molecule is CNC(=O)N/C=C/c1cccc(Cl)c1. The van der Waals surface area contributed by atoms with Gasteiger partial charge < -0.3 is 10.6 Å². The number of halogens is 1. The number of amides is 2. The van der Waals surface area contributed by atoms with Gasteiger partial charge in [0, 0.05) is 18.3 Å². The minimum Gasteiger partial charge on any atom is -0.341 e. The number of rotatable bonds is 2. The van der Waals surface area contributed by atoms with Gasteiger partial charge in [-0.2, -0.15) is 0 Å². The monoisotopic (exact) mass is 210 g/mol. The molecule has 0 fully saturated rings. The molecule has 0 radical (unpaired) electrons. The molecule has 0 heterocycles. The normalized spacial score (nSPS) is 10.1. The molecule has 3 nitrogen and oxygen atoms in total. The number of carbonyl (C=O) groups excluding carboxylic acids is 1. The molecule has 4 heteroatoms. The maximum absolute atomic E-state index is 10.8. The number of carbonyl (C=O) groups is 1. The Labute approximate surface area is 87.8 Å². The lowest BCUT2D eigenvalue weighted by Crippen LogP contribution is -2.28. The van der Waals surface area contributed by atoms with E-state index in [4.69, 9.17) is 11.6 Å². The summed E-state index contributed by atoms with van der Waals surface area (Å²) in [4.78, 5) is 10.8. The van der Waals surface area contributed by atoms with E-state index in [0.717, 1.165) is 5.56 Å². The number of nitrogens with one attached hydrogen (secondary N) is 2. The van der Waals surface area contributed by atoms with Crippen LogP contribution in [-0.2, 0) is 0 Å². The van der Waals surface area contributed by atoms with E-state index in [9.17, 15) is 4.79 Å². The summed E-state index contributed by atoms with van der Waals surface area (Å²) in [5, 5.41) is 5.64. The minimum absolute atomic E-state index is 0.247. The molecule has 1 aromatic rings. The maximum Gasteiger partial charge on any atom is 0.318 e. The highest BCUT2D eigenvalue weighted by Crippen LogP contribution is 2.11. The zero-order chi connectivity index (χ0) is 10.4. The Kier molecular flexibility index (Phi) is 4.01. The average Bonchev–Trinajstić information content (AvgIpc) is 2.17. The summed E-state index contributed by atoms with van der Waals surface area (Å²) in [5.41, 5.74) is 0.939. The molecule has 0 atom stereocenters. The van der Waals surface area contributed by atoms with Gasteiger partial charge in [0.1, 0.15) is 0 Å². The number of hydrogen-bond acceptors (Lipinski definition) is 1. The van der Waals surface area contributed by atoms with Gasteiger partial charge in [-0.1, -0.05) is 23.7 Å². The quantitative estimate of drug-likeness (QED) is 0.773. The Bertz CT molecular complexity index is 350. The van der Waals surface area contributed by atoms with E-state index in [1.54, 1.807) is 25.4 Å². The van der Waals surface area contributed by atoms with E-state index in [1.807, 2.05) is 18.2 Å². The molecule has 0 aliphatic heterocycles. The van der Waals surface area contributed by atoms with Gasteiger partial charge in [0.2, 0.25) is 0 Å². The molecule has 0 aromatic heterocycles. The number of urea groups is 1. The van der Waals surface area contributed by atoms with E-state index >= 15 is 0 Å². The van der Waals surface area contributed by atoms with Crippen LogP contribution in [0.25, 0.3) is 6.08 Å². The van der Waals surface area contributed by atoms with Crippen molar-refractivity contribution in [3.8, 4) is 0 Å². The molecule has 0 aliphatic rings. The van der Waals surface area contributed by atoms with Crippen molar-refractivity contribution in [3.63, 3.8) is 0 Å². The lowest BCUT2D eigenvalue weighted by atomic mass is 10.2. The van der Waals surface area contributed by atoms with Crippen LogP contribution < -0.4 is 10.6 Å². The first kappa shape index (κ1) is 10.6. The second kappa shape index (κ2) is 5.29. The van der Waals surface area contributed by atoms with Crippen molar-refractivity contribution in [2.24, 2.45) is 0 Å². The lowest BCUT2D eigenvalue weighted by Gasteiger charge is -1.97. The summed E-state index contributed by atoms with van der Waals surface area (Å²) in [6.45, 7) is 0. The van der Waals surface area contributed by atoms with Crippen molar-refractivity contribution in [1.82, 2.24) is 10.6 Å². The maximum atomic E-state index is 10.8. The van der Waals surface area contributed by atoms with Crippen LogP contribution >= 0.6 is 11.6 Å². The molecule has 1 aromatic carbocycles. The topological polar surface area (TPSA) is 41.1 Å². The van der Waals surface area contributed by atoms with Gasteiger partial charge in [-0.3, -0.25) is 0 Å². The first-order valence-electron chi connectivity index (χ1n) is 4.13. The molecule has 0 saturated carbocycles. The van der Waals surface area contributed by atoms with Crippen LogP contribution in [0, 0.1) is 0 Å². The third-order valence-electron chi connectivity index (χ3n) is 1.57. The summed E-state index contributed by atoms with van der Waals surface area (Å²) in [5.74, 6) is 0. The van der Waals surface area contributed by atoms with Crippen LogP contribution in [0.1, 0.15) is 5.56 Å². The smallest absolute Gasteiger partial charge is 0.318 e. The Morgan fingerprint density at radius 1 is 1.50 bits per heavy atom. The van der Waals surface area contributed by atoms with E-state index in [2.05, 4.69) is 10.6 Å². The van der Waals surface area contributed by atoms with Gasteiger partial charge in [0.05, 0.1) is 0 Å². The molecule has 2 N–H and O–H groups in total. The van der Waals surface area contributed by atoms with Crippen molar-refractivity contribution in [2.45, 2.75) is 0 Å². The fraction of sp³-hybridized carbons (Fsp3) is 0.100. The van der Waals surface area contributed by atoms with Gasteiger partial charge in [-0.05, 0) is 23.8 Å². The predicted molar refractivity (Wildman–Crippen MR) is 58.1 cm³/mol. The third-order valence-corrected chi connectivity index (χ3v) is 1.80. The van der Waals surface area contributed by atoms with Crippen LogP contribution in [0.5, 0.6) is 0 Å². The van der Waals surface area contributed by atoms with Crippen LogP contribution in [0.2, 0.25) is 5.02 Å². The first-order chi connectivity index (χ1) is 6.72. The van der Waals surface area contributed by atoms with Crippen LogP contribution in [0.15, 0.2) is 30.5 Å². The standard InChI is InChI=1S/C10H11ClN2O/c1-12-10(14)13-6-5-8-3-2-4-9(11)7-8/h2-7H,1H3,(H2,12,13,14)/b6-5+. The summed E-state index contributed by atoms with van der Waals surface area (Å²) in [6, 6.07) is 7.10. The summed E-state index contributed by atoms with van der Waals surface area (Å²) >= 11 is 5.78. The summed E-state index contributed by atoms with van der Waals surface area (Å²) in [6.07, 6.45) is 3.33. The van der Waals surface area contributed by atoms with Crippen molar-refractivity contribution >= 4 is 23.7 Å².